The molecule has 0 radical (unpaired) electrons. The van der Waals surface area contributed by atoms with Crippen molar-refractivity contribution < 1.29 is 17.5 Å². The molecule has 18 heavy (non-hydrogen) atoms. The summed E-state index contributed by atoms with van der Waals surface area (Å²) in [5, 5.41) is 0. The number of halogens is 1. The molecule has 0 aromatic heterocycles. The standard InChI is InChI=1S/C11H17FN2O3S/c1-3-14(6-7-17-2)18(15,16)9-4-5-10(12)11(13)8-9/h4-5,8H,3,6-7,13H2,1-2H3. The first-order chi connectivity index (χ1) is 8.43. The van der Waals surface area contributed by atoms with Crippen molar-refractivity contribution in [2.24, 2.45) is 0 Å². The minimum Gasteiger partial charge on any atom is -0.396 e. The molecule has 1 aromatic carbocycles. The number of rotatable bonds is 6. The van der Waals surface area contributed by atoms with Crippen molar-refractivity contribution in [1.82, 2.24) is 4.31 Å². The lowest BCUT2D eigenvalue weighted by molar-refractivity contribution is 0.180. The number of hydrogen-bond donors (Lipinski definition) is 1. The molecule has 0 aliphatic heterocycles. The molecule has 0 atom stereocenters. The van der Waals surface area contributed by atoms with Crippen molar-refractivity contribution >= 4 is 15.7 Å². The van der Waals surface area contributed by atoms with E-state index in [-0.39, 0.29) is 17.1 Å². The van der Waals surface area contributed by atoms with Gasteiger partial charge >= 0.3 is 0 Å². The van der Waals surface area contributed by atoms with Crippen molar-refractivity contribution in [2.45, 2.75) is 11.8 Å². The number of sulfonamides is 1. The maximum Gasteiger partial charge on any atom is 0.243 e. The Hall–Kier alpha value is -1.18. The Morgan fingerprint density at radius 2 is 2.11 bits per heavy atom. The summed E-state index contributed by atoms with van der Waals surface area (Å²) in [7, 11) is -2.16. The van der Waals surface area contributed by atoms with Gasteiger partial charge in [0.25, 0.3) is 0 Å². The van der Waals surface area contributed by atoms with Gasteiger partial charge in [0.15, 0.2) is 0 Å². The number of hydrogen-bond acceptors (Lipinski definition) is 4. The van der Waals surface area contributed by atoms with E-state index in [0.29, 0.717) is 13.2 Å². The van der Waals surface area contributed by atoms with Crippen LogP contribution in [0.15, 0.2) is 23.1 Å². The molecular weight excluding hydrogens is 259 g/mol. The lowest BCUT2D eigenvalue weighted by atomic mass is 10.3. The maximum absolute atomic E-state index is 13.0. The molecular formula is C11H17FN2O3S. The fourth-order valence-corrected chi connectivity index (χ4v) is 2.94. The highest BCUT2D eigenvalue weighted by atomic mass is 32.2. The molecule has 1 rings (SSSR count). The molecule has 1 aromatic rings. The quantitative estimate of drug-likeness (QED) is 0.789. The van der Waals surface area contributed by atoms with Gasteiger partial charge in [-0.25, -0.2) is 12.8 Å². The van der Waals surface area contributed by atoms with Crippen LogP contribution in [0.25, 0.3) is 0 Å². The van der Waals surface area contributed by atoms with Crippen LogP contribution in [-0.2, 0) is 14.8 Å². The van der Waals surface area contributed by atoms with Crippen molar-refractivity contribution in [3.8, 4) is 0 Å². The van der Waals surface area contributed by atoms with Crippen LogP contribution in [0.1, 0.15) is 6.92 Å². The zero-order valence-electron chi connectivity index (χ0n) is 10.4. The van der Waals surface area contributed by atoms with Gasteiger partial charge in [-0.1, -0.05) is 6.92 Å². The molecule has 0 bridgehead atoms. The Morgan fingerprint density at radius 3 is 2.61 bits per heavy atom. The fraction of sp³-hybridized carbons (Fsp3) is 0.455. The average molecular weight is 276 g/mol. The van der Waals surface area contributed by atoms with Crippen LogP contribution in [0.3, 0.4) is 0 Å². The van der Waals surface area contributed by atoms with Gasteiger partial charge in [-0.15, -0.1) is 0 Å². The molecule has 0 heterocycles. The van der Waals surface area contributed by atoms with E-state index in [1.165, 1.54) is 17.5 Å². The maximum atomic E-state index is 13.0. The molecule has 0 unspecified atom stereocenters. The van der Waals surface area contributed by atoms with Gasteiger partial charge in [-0.3, -0.25) is 0 Å². The number of nitrogens with two attached hydrogens (primary N) is 1. The van der Waals surface area contributed by atoms with E-state index in [0.717, 1.165) is 12.1 Å². The second kappa shape index (κ2) is 6.12. The largest absolute Gasteiger partial charge is 0.396 e. The van der Waals surface area contributed by atoms with Crippen molar-refractivity contribution in [1.29, 1.82) is 0 Å². The normalized spacial score (nSPS) is 12.0. The Labute approximate surface area is 106 Å². The predicted octanol–water partition coefficient (Wildman–Crippen LogP) is 1.06. The number of ether oxygens (including phenoxy) is 1. The van der Waals surface area contributed by atoms with Gasteiger partial charge < -0.3 is 10.5 Å². The molecule has 2 N–H and O–H groups in total. The van der Waals surface area contributed by atoms with Crippen molar-refractivity contribution in [2.75, 3.05) is 32.5 Å². The minimum absolute atomic E-state index is 0.0145. The molecule has 102 valence electrons. The van der Waals surface area contributed by atoms with E-state index in [9.17, 15) is 12.8 Å². The summed E-state index contributed by atoms with van der Waals surface area (Å²) < 4.78 is 43.6. The van der Waals surface area contributed by atoms with Crippen LogP contribution in [0, 0.1) is 5.82 Å². The van der Waals surface area contributed by atoms with Crippen LogP contribution >= 0.6 is 0 Å². The zero-order valence-corrected chi connectivity index (χ0v) is 11.2. The molecule has 0 aliphatic carbocycles. The number of benzene rings is 1. The molecule has 0 aliphatic rings. The monoisotopic (exact) mass is 276 g/mol. The van der Waals surface area contributed by atoms with Crippen LogP contribution in [-0.4, -0.2) is 39.5 Å². The van der Waals surface area contributed by atoms with Crippen molar-refractivity contribution in [3.05, 3.63) is 24.0 Å². The third kappa shape index (κ3) is 3.18. The molecule has 0 amide bonds. The van der Waals surface area contributed by atoms with Gasteiger partial charge in [-0.05, 0) is 18.2 Å². The highest BCUT2D eigenvalue weighted by Crippen LogP contribution is 2.20. The van der Waals surface area contributed by atoms with Gasteiger partial charge in [-0.2, -0.15) is 4.31 Å². The van der Waals surface area contributed by atoms with Crippen LogP contribution < -0.4 is 5.73 Å². The van der Waals surface area contributed by atoms with Gasteiger partial charge in [0.1, 0.15) is 5.82 Å². The summed E-state index contributed by atoms with van der Waals surface area (Å²) in [5.41, 5.74) is 5.19. The Balaban J connectivity index is 3.06. The van der Waals surface area contributed by atoms with E-state index >= 15 is 0 Å². The number of methoxy groups -OCH3 is 1. The summed E-state index contributed by atoms with van der Waals surface area (Å²) in [6, 6.07) is 3.38. The predicted molar refractivity (Wildman–Crippen MR) is 67.1 cm³/mol. The first kappa shape index (κ1) is 14.9. The molecule has 0 fully saturated rings. The van der Waals surface area contributed by atoms with Crippen LogP contribution in [0.4, 0.5) is 10.1 Å². The van der Waals surface area contributed by atoms with Gasteiger partial charge in [0.2, 0.25) is 10.0 Å². The lowest BCUT2D eigenvalue weighted by Crippen LogP contribution is -2.33. The topological polar surface area (TPSA) is 72.6 Å². The SMILES string of the molecule is CCN(CCOC)S(=O)(=O)c1ccc(F)c(N)c1. The summed E-state index contributed by atoms with van der Waals surface area (Å²) in [4.78, 5) is -0.0145. The Kier molecular flexibility index (Phi) is 5.06. The fourth-order valence-electron chi connectivity index (χ4n) is 1.47. The minimum atomic E-state index is -3.66. The molecule has 0 saturated carbocycles. The molecule has 7 heteroatoms. The zero-order chi connectivity index (χ0) is 13.8. The summed E-state index contributed by atoms with van der Waals surface area (Å²) in [6.07, 6.45) is 0. The second-order valence-corrected chi connectivity index (χ2v) is 5.61. The Morgan fingerprint density at radius 1 is 1.44 bits per heavy atom. The van der Waals surface area contributed by atoms with E-state index < -0.39 is 15.8 Å². The van der Waals surface area contributed by atoms with Crippen molar-refractivity contribution in [3.63, 3.8) is 0 Å². The van der Waals surface area contributed by atoms with Gasteiger partial charge in [0, 0.05) is 20.2 Å². The number of nitrogen functional groups attached to an aromatic ring is 1. The summed E-state index contributed by atoms with van der Waals surface area (Å²) >= 11 is 0. The third-order valence-corrected chi connectivity index (χ3v) is 4.47. The van der Waals surface area contributed by atoms with E-state index in [4.69, 9.17) is 10.5 Å². The Bertz CT molecular complexity index is 505. The molecule has 0 saturated heterocycles. The van der Waals surface area contributed by atoms with Crippen LogP contribution in [0.5, 0.6) is 0 Å². The summed E-state index contributed by atoms with van der Waals surface area (Å²) in [5.74, 6) is -0.631. The summed E-state index contributed by atoms with van der Waals surface area (Å²) in [6.45, 7) is 2.57. The van der Waals surface area contributed by atoms with Gasteiger partial charge in [0.05, 0.1) is 17.2 Å². The highest BCUT2D eigenvalue weighted by Gasteiger charge is 2.23. The van der Waals surface area contributed by atoms with E-state index in [2.05, 4.69) is 0 Å². The third-order valence-electron chi connectivity index (χ3n) is 2.50. The lowest BCUT2D eigenvalue weighted by Gasteiger charge is -2.20. The van der Waals surface area contributed by atoms with Crippen LogP contribution in [0.2, 0.25) is 0 Å². The smallest absolute Gasteiger partial charge is 0.243 e. The van der Waals surface area contributed by atoms with E-state index in [1.807, 2.05) is 0 Å². The number of likely N-dealkylation sites (N-methyl/N-ethyl adjacent to an activating group) is 1. The average Bonchev–Trinajstić information content (AvgIpc) is 2.33. The molecule has 0 spiro atoms. The van der Waals surface area contributed by atoms with E-state index in [1.54, 1.807) is 6.92 Å². The molecule has 5 nitrogen and oxygen atoms in total. The highest BCUT2D eigenvalue weighted by molar-refractivity contribution is 7.89. The number of nitrogens with zero attached hydrogens (tertiary/aromatic N) is 1. The first-order valence-electron chi connectivity index (χ1n) is 5.47. The first-order valence-corrected chi connectivity index (χ1v) is 6.91. The second-order valence-electron chi connectivity index (χ2n) is 3.67. The number of anilines is 1.